The van der Waals surface area contributed by atoms with E-state index in [0.717, 1.165) is 16.9 Å². The molecule has 1 aromatic carbocycles. The van der Waals surface area contributed by atoms with Crippen LogP contribution in [0.25, 0.3) is 0 Å². The van der Waals surface area contributed by atoms with E-state index in [2.05, 4.69) is 4.84 Å². The lowest BCUT2D eigenvalue weighted by atomic mass is 10.0. The molecule has 1 aliphatic rings. The zero-order valence-corrected chi connectivity index (χ0v) is 15.3. The van der Waals surface area contributed by atoms with Gasteiger partial charge in [0.15, 0.2) is 11.5 Å². The first kappa shape index (κ1) is 18.5. The van der Waals surface area contributed by atoms with E-state index >= 15 is 0 Å². The Morgan fingerprint density at radius 2 is 2.04 bits per heavy atom. The number of carbonyl (C=O) groups excluding carboxylic acids is 2. The molecule has 0 fully saturated rings. The number of carbonyl (C=O) groups is 2. The van der Waals surface area contributed by atoms with Crippen LogP contribution in [0.4, 0.5) is 4.79 Å². The number of fused-ring (bicyclic) bond motifs is 1. The Balaban J connectivity index is 2.14. The second kappa shape index (κ2) is 6.99. The van der Waals surface area contributed by atoms with Crippen molar-refractivity contribution in [1.82, 2.24) is 9.74 Å². The summed E-state index contributed by atoms with van der Waals surface area (Å²) in [6, 6.07) is 4.70. The highest BCUT2D eigenvalue weighted by Gasteiger charge is 2.34. The number of likely N-dealkylation sites (N-methyl/N-ethyl adjacent to an activating group) is 1. The van der Waals surface area contributed by atoms with E-state index in [1.54, 1.807) is 12.1 Å². The molecular formula is C17H23ClN2O4. The van der Waals surface area contributed by atoms with Crippen molar-refractivity contribution in [2.45, 2.75) is 45.8 Å². The van der Waals surface area contributed by atoms with Crippen LogP contribution in [0.5, 0.6) is 11.5 Å². The molecule has 0 aliphatic carbocycles. The fraction of sp³-hybridized carbons (Fsp3) is 0.529. The number of benzene rings is 1. The van der Waals surface area contributed by atoms with Gasteiger partial charge in [0.1, 0.15) is 11.6 Å². The molecule has 1 aromatic rings. The van der Waals surface area contributed by atoms with Gasteiger partial charge >= 0.3 is 6.09 Å². The van der Waals surface area contributed by atoms with Crippen LogP contribution in [-0.4, -0.2) is 35.6 Å². The molecule has 0 bridgehead atoms. The molecule has 0 spiro atoms. The van der Waals surface area contributed by atoms with Gasteiger partial charge in [0.25, 0.3) is 0 Å². The van der Waals surface area contributed by atoms with Crippen molar-refractivity contribution in [3.8, 4) is 11.5 Å². The summed E-state index contributed by atoms with van der Waals surface area (Å²) in [6.07, 6.45) is -0.0482. The summed E-state index contributed by atoms with van der Waals surface area (Å²) in [6.45, 7) is 7.59. The molecule has 132 valence electrons. The van der Waals surface area contributed by atoms with Gasteiger partial charge in [-0.05, 0) is 37.6 Å². The number of amides is 2. The van der Waals surface area contributed by atoms with E-state index < -0.39 is 18.0 Å². The van der Waals surface area contributed by atoms with Crippen LogP contribution in [0.15, 0.2) is 18.2 Å². The molecular weight excluding hydrogens is 332 g/mol. The first-order valence-electron chi connectivity index (χ1n) is 7.82. The number of ether oxygens (including phenoxy) is 2. The molecule has 1 atom stereocenters. The van der Waals surface area contributed by atoms with Crippen molar-refractivity contribution in [2.75, 3.05) is 7.05 Å². The standard InChI is InChI=1S/C17H23ClN2O4/c1-10(2)13(19-18)15(21)20(5)16(22)23-12-8-6-7-11-9-17(3,4)24-14(11)12/h6-8,10,13,19H,9H2,1-5H3. The molecule has 1 heterocycles. The summed E-state index contributed by atoms with van der Waals surface area (Å²) in [5.74, 6) is 0.324. The molecule has 0 radical (unpaired) electrons. The smallest absolute Gasteiger partial charge is 0.421 e. The molecule has 24 heavy (non-hydrogen) atoms. The van der Waals surface area contributed by atoms with Crippen LogP contribution in [0.2, 0.25) is 0 Å². The predicted molar refractivity (Wildman–Crippen MR) is 91.3 cm³/mol. The Morgan fingerprint density at radius 1 is 1.38 bits per heavy atom. The SMILES string of the molecule is CC(C)C(NCl)C(=O)N(C)C(=O)Oc1cccc2c1OC(C)(C)C2. The van der Waals surface area contributed by atoms with Gasteiger partial charge in [-0.1, -0.05) is 26.0 Å². The molecule has 1 N–H and O–H groups in total. The number of hydrogen-bond donors (Lipinski definition) is 1. The first-order chi connectivity index (χ1) is 11.2. The molecule has 6 nitrogen and oxygen atoms in total. The van der Waals surface area contributed by atoms with E-state index in [1.165, 1.54) is 7.05 Å². The highest BCUT2D eigenvalue weighted by Crippen LogP contribution is 2.41. The number of imide groups is 1. The van der Waals surface area contributed by atoms with Gasteiger partial charge in [-0.2, -0.15) is 0 Å². The third-order valence-electron chi connectivity index (χ3n) is 3.91. The van der Waals surface area contributed by atoms with E-state index in [1.807, 2.05) is 33.8 Å². The van der Waals surface area contributed by atoms with Crippen molar-refractivity contribution < 1.29 is 19.1 Å². The topological polar surface area (TPSA) is 67.9 Å². The van der Waals surface area contributed by atoms with E-state index in [-0.39, 0.29) is 11.5 Å². The van der Waals surface area contributed by atoms with E-state index in [9.17, 15) is 9.59 Å². The van der Waals surface area contributed by atoms with Gasteiger partial charge in [-0.3, -0.25) is 4.79 Å². The Labute approximate surface area is 147 Å². The molecule has 1 aliphatic heterocycles. The van der Waals surface area contributed by atoms with Gasteiger partial charge in [0.05, 0.1) is 0 Å². The van der Waals surface area contributed by atoms with Crippen molar-refractivity contribution in [3.05, 3.63) is 23.8 Å². The summed E-state index contributed by atoms with van der Waals surface area (Å²) in [5.41, 5.74) is 0.624. The molecule has 7 heteroatoms. The molecule has 2 rings (SSSR count). The Bertz CT molecular complexity index is 645. The molecule has 2 amide bonds. The molecule has 0 saturated carbocycles. The van der Waals surface area contributed by atoms with Gasteiger partial charge in [0.2, 0.25) is 5.91 Å². The quantitative estimate of drug-likeness (QED) is 0.841. The predicted octanol–water partition coefficient (Wildman–Crippen LogP) is 3.13. The average Bonchev–Trinajstić information content (AvgIpc) is 2.81. The Kier molecular flexibility index (Phi) is 5.40. The van der Waals surface area contributed by atoms with Crippen LogP contribution in [0.1, 0.15) is 33.3 Å². The summed E-state index contributed by atoms with van der Waals surface area (Å²) in [4.78, 5) is 28.0. The second-order valence-electron chi connectivity index (χ2n) is 6.88. The van der Waals surface area contributed by atoms with Crippen LogP contribution in [0, 0.1) is 5.92 Å². The molecule has 0 saturated heterocycles. The average molecular weight is 355 g/mol. The number of rotatable bonds is 4. The lowest BCUT2D eigenvalue weighted by molar-refractivity contribution is -0.130. The minimum absolute atomic E-state index is 0.0737. The zero-order chi connectivity index (χ0) is 18.1. The highest BCUT2D eigenvalue weighted by molar-refractivity contribution is 6.15. The lowest BCUT2D eigenvalue weighted by Crippen LogP contribution is -2.48. The third kappa shape index (κ3) is 3.82. The number of nitrogens with one attached hydrogen (secondary N) is 1. The van der Waals surface area contributed by atoms with Crippen molar-refractivity contribution in [1.29, 1.82) is 0 Å². The van der Waals surface area contributed by atoms with Crippen LogP contribution >= 0.6 is 11.8 Å². The number of para-hydroxylation sites is 1. The maximum absolute atomic E-state index is 12.3. The monoisotopic (exact) mass is 354 g/mol. The van der Waals surface area contributed by atoms with Gasteiger partial charge < -0.3 is 9.47 Å². The minimum Gasteiger partial charge on any atom is -0.483 e. The van der Waals surface area contributed by atoms with Gasteiger partial charge in [-0.15, -0.1) is 0 Å². The highest BCUT2D eigenvalue weighted by atomic mass is 35.5. The third-order valence-corrected chi connectivity index (χ3v) is 4.14. The largest absolute Gasteiger partial charge is 0.483 e. The van der Waals surface area contributed by atoms with Gasteiger partial charge in [0, 0.05) is 19.0 Å². The lowest BCUT2D eigenvalue weighted by Gasteiger charge is -2.23. The zero-order valence-electron chi connectivity index (χ0n) is 14.6. The van der Waals surface area contributed by atoms with Crippen molar-refractivity contribution >= 4 is 23.8 Å². The number of hydrogen-bond acceptors (Lipinski definition) is 5. The van der Waals surface area contributed by atoms with E-state index in [0.29, 0.717) is 11.5 Å². The minimum atomic E-state index is -0.778. The fourth-order valence-electron chi connectivity index (χ4n) is 2.59. The first-order valence-corrected chi connectivity index (χ1v) is 8.20. The summed E-state index contributed by atoms with van der Waals surface area (Å²) in [7, 11) is 1.36. The summed E-state index contributed by atoms with van der Waals surface area (Å²) >= 11 is 5.60. The fourth-order valence-corrected chi connectivity index (χ4v) is 2.93. The van der Waals surface area contributed by atoms with Crippen molar-refractivity contribution in [3.63, 3.8) is 0 Å². The molecule has 1 unspecified atom stereocenters. The van der Waals surface area contributed by atoms with Crippen molar-refractivity contribution in [2.24, 2.45) is 5.92 Å². The summed E-state index contributed by atoms with van der Waals surface area (Å²) in [5, 5.41) is 0. The van der Waals surface area contributed by atoms with E-state index in [4.69, 9.17) is 21.3 Å². The van der Waals surface area contributed by atoms with Crippen LogP contribution < -0.4 is 14.3 Å². The van der Waals surface area contributed by atoms with Crippen LogP contribution in [0.3, 0.4) is 0 Å². The maximum Gasteiger partial charge on any atom is 0.421 e. The Morgan fingerprint density at radius 3 is 2.62 bits per heavy atom. The van der Waals surface area contributed by atoms with Gasteiger partial charge in [-0.25, -0.2) is 14.5 Å². The normalized spacial score (nSPS) is 16.3. The second-order valence-corrected chi connectivity index (χ2v) is 7.10. The maximum atomic E-state index is 12.3. The Hall–Kier alpha value is -1.79. The number of nitrogens with zero attached hydrogens (tertiary/aromatic N) is 1. The van der Waals surface area contributed by atoms with Crippen LogP contribution in [-0.2, 0) is 11.2 Å². The number of halogens is 1. The molecule has 0 aromatic heterocycles. The summed E-state index contributed by atoms with van der Waals surface area (Å²) < 4.78 is 11.2.